The maximum Gasteiger partial charge on any atom is 0.191 e. The predicted octanol–water partition coefficient (Wildman–Crippen LogP) is 4.75. The first-order valence-corrected chi connectivity index (χ1v) is 9.94. The molecule has 2 aromatic rings. The number of aliphatic imine (C=N–C) groups is 1. The first kappa shape index (κ1) is 23.7. The van der Waals surface area contributed by atoms with Crippen molar-refractivity contribution in [2.45, 2.75) is 45.6 Å². The van der Waals surface area contributed by atoms with E-state index in [1.165, 1.54) is 10.6 Å². The van der Waals surface area contributed by atoms with Crippen LogP contribution in [0.25, 0.3) is 0 Å². The number of benzene rings is 1. The maximum atomic E-state index is 5.21. The molecule has 1 aromatic heterocycles. The molecule has 1 heterocycles. The summed E-state index contributed by atoms with van der Waals surface area (Å²) in [6, 6.07) is 8.29. The van der Waals surface area contributed by atoms with Gasteiger partial charge in [0.05, 0.1) is 24.4 Å². The van der Waals surface area contributed by atoms with Crippen LogP contribution < -0.4 is 15.4 Å². The minimum Gasteiger partial charge on any atom is -0.497 e. The molecular weight excluding hydrogens is 471 g/mol. The second kappa shape index (κ2) is 12.2. The van der Waals surface area contributed by atoms with Crippen LogP contribution in [0.5, 0.6) is 5.75 Å². The van der Waals surface area contributed by atoms with Gasteiger partial charge in [0.1, 0.15) is 5.75 Å². The molecule has 0 saturated carbocycles. The van der Waals surface area contributed by atoms with E-state index in [-0.39, 0.29) is 24.0 Å². The first-order chi connectivity index (χ1) is 12.5. The Morgan fingerprint density at radius 1 is 1.19 bits per heavy atom. The van der Waals surface area contributed by atoms with E-state index in [0.29, 0.717) is 18.4 Å². The van der Waals surface area contributed by atoms with Gasteiger partial charge in [-0.3, -0.25) is 4.99 Å². The van der Waals surface area contributed by atoms with Gasteiger partial charge in [0.2, 0.25) is 0 Å². The lowest BCUT2D eigenvalue weighted by molar-refractivity contribution is 0.414. The topological polar surface area (TPSA) is 58.5 Å². The number of methoxy groups -OCH3 is 1. The summed E-state index contributed by atoms with van der Waals surface area (Å²) >= 11 is 1.72. The molecule has 27 heavy (non-hydrogen) atoms. The highest BCUT2D eigenvalue weighted by Crippen LogP contribution is 2.21. The van der Waals surface area contributed by atoms with Crippen LogP contribution in [0.4, 0.5) is 0 Å². The molecule has 0 spiro atoms. The predicted molar refractivity (Wildman–Crippen MR) is 126 cm³/mol. The Balaban J connectivity index is 0.00000364. The molecule has 0 radical (unpaired) electrons. The van der Waals surface area contributed by atoms with E-state index in [1.54, 1.807) is 25.5 Å². The summed E-state index contributed by atoms with van der Waals surface area (Å²) in [5, 5.41) is 10.0. The van der Waals surface area contributed by atoms with Crippen LogP contribution in [0, 0.1) is 0 Å². The van der Waals surface area contributed by atoms with Crippen LogP contribution >= 0.6 is 35.3 Å². The molecular formula is C20H31IN4OS. The standard InChI is InChI=1S/C20H30N4OS.HI/c1-14(2)19-24-17(13-26-19)12-23-20(21-4)22-11-10-15(3)16-6-8-18(25-5)9-7-16;/h6-9,13-15H,10-12H2,1-5H3,(H2,21,22,23);1H. The second-order valence-electron chi connectivity index (χ2n) is 6.65. The maximum absolute atomic E-state index is 5.21. The van der Waals surface area contributed by atoms with Crippen LogP contribution in [0.1, 0.15) is 55.3 Å². The van der Waals surface area contributed by atoms with Crippen molar-refractivity contribution in [1.82, 2.24) is 15.6 Å². The molecule has 0 aliphatic rings. The number of nitrogens with zero attached hydrogens (tertiary/aromatic N) is 2. The van der Waals surface area contributed by atoms with E-state index < -0.39 is 0 Å². The monoisotopic (exact) mass is 502 g/mol. The third kappa shape index (κ3) is 7.65. The number of hydrogen-bond donors (Lipinski definition) is 2. The molecule has 0 amide bonds. The van der Waals surface area contributed by atoms with Crippen LogP contribution in [0.2, 0.25) is 0 Å². The van der Waals surface area contributed by atoms with Crippen molar-refractivity contribution in [3.63, 3.8) is 0 Å². The molecule has 7 heteroatoms. The van der Waals surface area contributed by atoms with Gasteiger partial charge in [0.25, 0.3) is 0 Å². The summed E-state index contributed by atoms with van der Waals surface area (Å²) in [5.41, 5.74) is 2.38. The number of ether oxygens (including phenoxy) is 1. The Labute approximate surface area is 184 Å². The van der Waals surface area contributed by atoms with Gasteiger partial charge in [-0.2, -0.15) is 0 Å². The van der Waals surface area contributed by atoms with E-state index in [0.717, 1.165) is 30.4 Å². The van der Waals surface area contributed by atoms with Gasteiger partial charge in [-0.15, -0.1) is 35.3 Å². The third-order valence-electron chi connectivity index (χ3n) is 4.28. The molecule has 2 rings (SSSR count). The van der Waals surface area contributed by atoms with Crippen LogP contribution in [-0.2, 0) is 6.54 Å². The molecule has 0 aliphatic heterocycles. The van der Waals surface area contributed by atoms with Gasteiger partial charge in [-0.05, 0) is 30.0 Å². The number of halogens is 1. The molecule has 1 aromatic carbocycles. The Hall–Kier alpha value is -1.35. The number of guanidine groups is 1. The highest BCUT2D eigenvalue weighted by molar-refractivity contribution is 14.0. The number of hydrogen-bond acceptors (Lipinski definition) is 4. The zero-order valence-electron chi connectivity index (χ0n) is 16.8. The fraction of sp³-hybridized carbons (Fsp3) is 0.500. The van der Waals surface area contributed by atoms with Crippen molar-refractivity contribution in [3.8, 4) is 5.75 Å². The van der Waals surface area contributed by atoms with Crippen LogP contribution in [0.3, 0.4) is 0 Å². The second-order valence-corrected chi connectivity index (χ2v) is 7.54. The number of aromatic nitrogens is 1. The summed E-state index contributed by atoms with van der Waals surface area (Å²) < 4.78 is 5.21. The summed E-state index contributed by atoms with van der Waals surface area (Å²) in [5.74, 6) is 2.65. The number of thiazole rings is 1. The van der Waals surface area contributed by atoms with E-state index in [9.17, 15) is 0 Å². The lowest BCUT2D eigenvalue weighted by atomic mass is 9.98. The van der Waals surface area contributed by atoms with Crippen molar-refractivity contribution in [1.29, 1.82) is 0 Å². The van der Waals surface area contributed by atoms with E-state index in [4.69, 9.17) is 4.74 Å². The first-order valence-electron chi connectivity index (χ1n) is 9.06. The molecule has 2 N–H and O–H groups in total. The van der Waals surface area contributed by atoms with Crippen LogP contribution in [-0.4, -0.2) is 31.6 Å². The van der Waals surface area contributed by atoms with Crippen molar-refractivity contribution < 1.29 is 4.74 Å². The quantitative estimate of drug-likeness (QED) is 0.311. The van der Waals surface area contributed by atoms with Gasteiger partial charge in [0.15, 0.2) is 5.96 Å². The van der Waals surface area contributed by atoms with E-state index in [2.05, 4.69) is 58.9 Å². The van der Waals surface area contributed by atoms with Gasteiger partial charge in [-0.1, -0.05) is 32.9 Å². The molecule has 0 saturated heterocycles. The van der Waals surface area contributed by atoms with Crippen molar-refractivity contribution in [2.24, 2.45) is 4.99 Å². The molecule has 0 aliphatic carbocycles. The molecule has 5 nitrogen and oxygen atoms in total. The summed E-state index contributed by atoms with van der Waals surface area (Å²) in [6.45, 7) is 8.13. The largest absolute Gasteiger partial charge is 0.497 e. The van der Waals surface area contributed by atoms with Gasteiger partial charge >= 0.3 is 0 Å². The molecule has 0 bridgehead atoms. The average molecular weight is 502 g/mol. The number of rotatable bonds is 8. The fourth-order valence-electron chi connectivity index (χ4n) is 2.57. The Morgan fingerprint density at radius 3 is 2.44 bits per heavy atom. The molecule has 1 unspecified atom stereocenters. The smallest absolute Gasteiger partial charge is 0.191 e. The highest BCUT2D eigenvalue weighted by Gasteiger charge is 2.08. The third-order valence-corrected chi connectivity index (χ3v) is 5.47. The minimum absolute atomic E-state index is 0. The van der Waals surface area contributed by atoms with Gasteiger partial charge in [0, 0.05) is 24.9 Å². The summed E-state index contributed by atoms with van der Waals surface area (Å²) in [6.07, 6.45) is 1.03. The fourth-order valence-corrected chi connectivity index (χ4v) is 3.41. The Kier molecular flexibility index (Phi) is 10.7. The molecule has 150 valence electrons. The molecule has 1 atom stereocenters. The Bertz CT molecular complexity index is 700. The SMILES string of the molecule is CN=C(NCCC(C)c1ccc(OC)cc1)NCc1csc(C(C)C)n1.I. The van der Waals surface area contributed by atoms with Crippen molar-refractivity contribution in [3.05, 3.63) is 45.9 Å². The van der Waals surface area contributed by atoms with Gasteiger partial charge < -0.3 is 15.4 Å². The zero-order chi connectivity index (χ0) is 18.9. The van der Waals surface area contributed by atoms with E-state index in [1.807, 2.05) is 12.1 Å². The van der Waals surface area contributed by atoms with Crippen molar-refractivity contribution >= 4 is 41.3 Å². The Morgan fingerprint density at radius 2 is 1.89 bits per heavy atom. The average Bonchev–Trinajstić information content (AvgIpc) is 3.13. The van der Waals surface area contributed by atoms with E-state index >= 15 is 0 Å². The summed E-state index contributed by atoms with van der Waals surface area (Å²) in [7, 11) is 3.49. The normalized spacial score (nSPS) is 12.4. The lowest BCUT2D eigenvalue weighted by Gasteiger charge is -2.15. The highest BCUT2D eigenvalue weighted by atomic mass is 127. The lowest BCUT2D eigenvalue weighted by Crippen LogP contribution is -2.37. The molecule has 0 fully saturated rings. The van der Waals surface area contributed by atoms with Crippen molar-refractivity contribution in [2.75, 3.05) is 20.7 Å². The van der Waals surface area contributed by atoms with Crippen LogP contribution in [0.15, 0.2) is 34.6 Å². The zero-order valence-corrected chi connectivity index (χ0v) is 19.9. The minimum atomic E-state index is 0. The van der Waals surface area contributed by atoms with Gasteiger partial charge in [-0.25, -0.2) is 4.98 Å². The summed E-state index contributed by atoms with van der Waals surface area (Å²) in [4.78, 5) is 8.93. The number of nitrogens with one attached hydrogen (secondary N) is 2.